The maximum atomic E-state index is 12.4. The van der Waals surface area contributed by atoms with Gasteiger partial charge in [0.15, 0.2) is 0 Å². The second-order valence-electron chi connectivity index (χ2n) is 5.38. The number of carbonyl (C=O) groups excluding carboxylic acids is 1. The van der Waals surface area contributed by atoms with Crippen molar-refractivity contribution in [3.8, 4) is 5.75 Å². The maximum absolute atomic E-state index is 12.4. The van der Waals surface area contributed by atoms with Gasteiger partial charge in [0, 0.05) is 0 Å². The van der Waals surface area contributed by atoms with Crippen LogP contribution in [-0.4, -0.2) is 41.1 Å². The molecular weight excluding hydrogens is 268 g/mol. The maximum Gasteiger partial charge on any atom is 0.361 e. The first kappa shape index (κ1) is 15.2. The molecule has 1 aromatic carbocycles. The third-order valence-corrected chi connectivity index (χ3v) is 3.12. The normalized spacial score (nSPS) is 15.4. The molecule has 6 heteroatoms. The lowest BCUT2D eigenvalue weighted by Crippen LogP contribution is -2.56. The Bertz CT molecular complexity index is 554. The monoisotopic (exact) mass is 289 g/mol. The third-order valence-electron chi connectivity index (χ3n) is 3.12. The van der Waals surface area contributed by atoms with Crippen LogP contribution in [0.5, 0.6) is 5.75 Å². The van der Waals surface area contributed by atoms with Gasteiger partial charge in [0.2, 0.25) is 5.84 Å². The molecule has 0 saturated heterocycles. The zero-order valence-electron chi connectivity index (χ0n) is 13.1. The van der Waals surface area contributed by atoms with Crippen LogP contribution in [-0.2, 0) is 0 Å². The van der Waals surface area contributed by atoms with Gasteiger partial charge < -0.3 is 4.74 Å². The molecule has 2 rings (SSSR count). The molecule has 1 aromatic rings. The van der Waals surface area contributed by atoms with Crippen molar-refractivity contribution in [1.29, 1.82) is 0 Å². The summed E-state index contributed by atoms with van der Waals surface area (Å²) in [7, 11) is 1.60. The van der Waals surface area contributed by atoms with Crippen LogP contribution in [0.2, 0.25) is 0 Å². The van der Waals surface area contributed by atoms with E-state index in [1.54, 1.807) is 7.11 Å². The first-order chi connectivity index (χ1) is 9.95. The standard InChI is InChI=1S/C15H21N4O2/c1-10(2)18-15(20)19(11(3)4)17-14(16-18)12-8-6-7-9-13(12)21-5/h6-11H,1-5H3. The summed E-state index contributed by atoms with van der Waals surface area (Å²) in [4.78, 5) is 12.4. The topological polar surface area (TPSA) is 59.2 Å². The first-order valence-electron chi connectivity index (χ1n) is 7.01. The minimum Gasteiger partial charge on any atom is -0.496 e. The van der Waals surface area contributed by atoms with E-state index in [4.69, 9.17) is 4.74 Å². The van der Waals surface area contributed by atoms with E-state index in [1.807, 2.05) is 52.0 Å². The SMILES string of the molecule is COc1ccccc1C1=NN(C(C)C)C(=O)N(C(C)C)[N]1. The molecule has 0 aromatic heterocycles. The Morgan fingerprint density at radius 2 is 1.67 bits per heavy atom. The number of amides is 2. The van der Waals surface area contributed by atoms with Crippen molar-refractivity contribution in [2.45, 2.75) is 39.8 Å². The highest BCUT2D eigenvalue weighted by molar-refractivity contribution is 6.03. The number of hydrogen-bond donors (Lipinski definition) is 0. The highest BCUT2D eigenvalue weighted by Gasteiger charge is 2.33. The summed E-state index contributed by atoms with van der Waals surface area (Å²) in [5, 5.41) is 7.29. The molecule has 0 spiro atoms. The molecule has 0 unspecified atom stereocenters. The average Bonchev–Trinajstić information content (AvgIpc) is 2.46. The molecule has 0 fully saturated rings. The fourth-order valence-electron chi connectivity index (χ4n) is 2.02. The van der Waals surface area contributed by atoms with Gasteiger partial charge in [-0.3, -0.25) is 0 Å². The van der Waals surface area contributed by atoms with Crippen LogP contribution < -0.4 is 10.2 Å². The van der Waals surface area contributed by atoms with Gasteiger partial charge in [0.1, 0.15) is 5.75 Å². The molecule has 0 aliphatic carbocycles. The molecule has 1 heterocycles. The summed E-state index contributed by atoms with van der Waals surface area (Å²) in [5.74, 6) is 1.16. The second kappa shape index (κ2) is 6.03. The number of carbonyl (C=O) groups is 1. The van der Waals surface area contributed by atoms with E-state index in [2.05, 4.69) is 10.5 Å². The van der Waals surface area contributed by atoms with E-state index in [1.165, 1.54) is 10.0 Å². The summed E-state index contributed by atoms with van der Waals surface area (Å²) < 4.78 is 5.35. The van der Waals surface area contributed by atoms with Crippen molar-refractivity contribution >= 4 is 11.9 Å². The van der Waals surface area contributed by atoms with Gasteiger partial charge in [-0.25, -0.2) is 14.8 Å². The van der Waals surface area contributed by atoms with Crippen LogP contribution in [0.25, 0.3) is 0 Å². The zero-order chi connectivity index (χ0) is 15.6. The van der Waals surface area contributed by atoms with Gasteiger partial charge in [-0.15, -0.1) is 10.5 Å². The highest BCUT2D eigenvalue weighted by Crippen LogP contribution is 2.22. The van der Waals surface area contributed by atoms with E-state index in [0.717, 1.165) is 5.56 Å². The largest absolute Gasteiger partial charge is 0.496 e. The van der Waals surface area contributed by atoms with Crippen LogP contribution in [0, 0.1) is 0 Å². The van der Waals surface area contributed by atoms with E-state index < -0.39 is 0 Å². The number of methoxy groups -OCH3 is 1. The number of nitrogens with zero attached hydrogens (tertiary/aromatic N) is 4. The van der Waals surface area contributed by atoms with Crippen molar-refractivity contribution in [1.82, 2.24) is 15.4 Å². The van der Waals surface area contributed by atoms with E-state index in [-0.39, 0.29) is 18.1 Å². The number of ether oxygens (including phenoxy) is 1. The van der Waals surface area contributed by atoms with E-state index in [9.17, 15) is 4.79 Å². The Hall–Kier alpha value is -2.24. The molecule has 6 nitrogen and oxygen atoms in total. The van der Waals surface area contributed by atoms with Crippen molar-refractivity contribution in [2.24, 2.45) is 5.10 Å². The average molecular weight is 289 g/mol. The predicted molar refractivity (Wildman–Crippen MR) is 81.0 cm³/mol. The fourth-order valence-corrected chi connectivity index (χ4v) is 2.02. The Kier molecular flexibility index (Phi) is 4.35. The second-order valence-corrected chi connectivity index (χ2v) is 5.38. The number of urea groups is 1. The number of hydrogen-bond acceptors (Lipinski definition) is 3. The van der Waals surface area contributed by atoms with Crippen LogP contribution in [0.1, 0.15) is 33.3 Å². The zero-order valence-corrected chi connectivity index (χ0v) is 13.1. The summed E-state index contributed by atoms with van der Waals surface area (Å²) in [6.45, 7) is 7.69. The van der Waals surface area contributed by atoms with Gasteiger partial charge in [0.05, 0.1) is 24.8 Å². The summed E-state index contributed by atoms with van der Waals surface area (Å²) in [5.41, 5.74) is 5.15. The summed E-state index contributed by atoms with van der Waals surface area (Å²) in [6, 6.07) is 7.22. The minimum absolute atomic E-state index is 0.0426. The molecule has 1 radical (unpaired) electrons. The molecule has 0 atom stereocenters. The van der Waals surface area contributed by atoms with Crippen LogP contribution in [0.4, 0.5) is 4.79 Å². The Balaban J connectivity index is 2.46. The third kappa shape index (κ3) is 2.94. The van der Waals surface area contributed by atoms with E-state index in [0.29, 0.717) is 11.6 Å². The van der Waals surface area contributed by atoms with Crippen molar-refractivity contribution in [3.05, 3.63) is 29.8 Å². The van der Waals surface area contributed by atoms with Crippen LogP contribution >= 0.6 is 0 Å². The highest BCUT2D eigenvalue weighted by atomic mass is 16.5. The first-order valence-corrected chi connectivity index (χ1v) is 7.01. The van der Waals surface area contributed by atoms with Crippen LogP contribution in [0.3, 0.4) is 0 Å². The molecule has 0 N–H and O–H groups in total. The van der Waals surface area contributed by atoms with Gasteiger partial charge in [0.25, 0.3) is 0 Å². The lowest BCUT2D eigenvalue weighted by atomic mass is 10.2. The number of rotatable bonds is 4. The van der Waals surface area contributed by atoms with Gasteiger partial charge in [-0.1, -0.05) is 12.1 Å². The Morgan fingerprint density at radius 3 is 2.24 bits per heavy atom. The molecule has 1 aliphatic heterocycles. The van der Waals surface area contributed by atoms with Gasteiger partial charge in [-0.05, 0) is 39.8 Å². The molecule has 1 aliphatic rings. The smallest absolute Gasteiger partial charge is 0.361 e. The molecule has 2 amide bonds. The van der Waals surface area contributed by atoms with Crippen molar-refractivity contribution < 1.29 is 9.53 Å². The minimum atomic E-state index is -0.210. The molecule has 0 bridgehead atoms. The molecule has 113 valence electrons. The van der Waals surface area contributed by atoms with E-state index >= 15 is 0 Å². The van der Waals surface area contributed by atoms with Gasteiger partial charge >= 0.3 is 6.03 Å². The Labute approximate surface area is 125 Å². The molecular formula is C15H21N4O2. The fraction of sp³-hybridized carbons (Fsp3) is 0.467. The van der Waals surface area contributed by atoms with Gasteiger partial charge in [-0.2, -0.15) is 0 Å². The predicted octanol–water partition coefficient (Wildman–Crippen LogP) is 2.43. The molecule has 21 heavy (non-hydrogen) atoms. The lowest BCUT2D eigenvalue weighted by Gasteiger charge is -2.35. The quantitative estimate of drug-likeness (QED) is 0.854. The van der Waals surface area contributed by atoms with Crippen molar-refractivity contribution in [2.75, 3.05) is 7.11 Å². The summed E-state index contributed by atoms with van der Waals surface area (Å²) in [6.07, 6.45) is 0. The number of amidine groups is 1. The summed E-state index contributed by atoms with van der Waals surface area (Å²) >= 11 is 0. The number of hydrazone groups is 1. The number of para-hydroxylation sites is 1. The Morgan fingerprint density at radius 1 is 1.05 bits per heavy atom. The van der Waals surface area contributed by atoms with Crippen LogP contribution in [0.15, 0.2) is 29.4 Å². The molecule has 0 saturated carbocycles. The lowest BCUT2D eigenvalue weighted by molar-refractivity contribution is 0.103. The van der Waals surface area contributed by atoms with Crippen molar-refractivity contribution in [3.63, 3.8) is 0 Å². The number of benzene rings is 1.